The molecular formula is C34H43N5O4. The fourth-order valence-electron chi connectivity index (χ4n) is 5.65. The average Bonchev–Trinajstić information content (AvgIpc) is 3.79. The highest BCUT2D eigenvalue weighted by atomic mass is 16.3. The van der Waals surface area contributed by atoms with E-state index in [1.807, 2.05) is 12.1 Å². The lowest BCUT2D eigenvalue weighted by Gasteiger charge is -2.26. The quantitative estimate of drug-likeness (QED) is 0.238. The maximum atomic E-state index is 13.3. The number of aryl methyl sites for hydroxylation is 1. The summed E-state index contributed by atoms with van der Waals surface area (Å²) in [4.78, 5) is 44.5. The molecule has 0 radical (unpaired) electrons. The predicted octanol–water partition coefficient (Wildman–Crippen LogP) is 5.61. The van der Waals surface area contributed by atoms with Gasteiger partial charge in [0.15, 0.2) is 11.6 Å². The van der Waals surface area contributed by atoms with Crippen LogP contribution in [0.25, 0.3) is 0 Å². The largest absolute Gasteiger partial charge is 0.448 e. The zero-order valence-corrected chi connectivity index (χ0v) is 25.3. The van der Waals surface area contributed by atoms with Crippen LogP contribution in [0.3, 0.4) is 0 Å². The van der Waals surface area contributed by atoms with Crippen molar-refractivity contribution in [1.29, 1.82) is 0 Å². The summed E-state index contributed by atoms with van der Waals surface area (Å²) in [6, 6.07) is 14.1. The van der Waals surface area contributed by atoms with Crippen LogP contribution in [0.5, 0.6) is 0 Å². The van der Waals surface area contributed by atoms with Gasteiger partial charge in [-0.15, -0.1) is 0 Å². The molecule has 1 aliphatic heterocycles. The Morgan fingerprint density at radius 1 is 0.977 bits per heavy atom. The third kappa shape index (κ3) is 8.24. The Morgan fingerprint density at radius 3 is 2.58 bits per heavy atom. The van der Waals surface area contributed by atoms with Gasteiger partial charge in [0, 0.05) is 44.1 Å². The number of amides is 3. The zero-order valence-electron chi connectivity index (χ0n) is 25.3. The van der Waals surface area contributed by atoms with Crippen molar-refractivity contribution in [2.24, 2.45) is 5.92 Å². The summed E-state index contributed by atoms with van der Waals surface area (Å²) in [7, 11) is 0. The summed E-state index contributed by atoms with van der Waals surface area (Å²) in [5, 5.41) is 8.78. The van der Waals surface area contributed by atoms with Crippen LogP contribution in [0.1, 0.15) is 95.7 Å². The van der Waals surface area contributed by atoms with E-state index in [2.05, 4.69) is 57.0 Å². The van der Waals surface area contributed by atoms with Gasteiger partial charge in [-0.3, -0.25) is 14.4 Å². The van der Waals surface area contributed by atoms with Gasteiger partial charge >= 0.3 is 0 Å². The minimum Gasteiger partial charge on any atom is -0.448 e. The van der Waals surface area contributed by atoms with Crippen molar-refractivity contribution in [3.05, 3.63) is 77.0 Å². The molecule has 5 rings (SSSR count). The van der Waals surface area contributed by atoms with E-state index in [4.69, 9.17) is 4.42 Å². The summed E-state index contributed by atoms with van der Waals surface area (Å²) in [6.45, 7) is 6.67. The van der Waals surface area contributed by atoms with Crippen LogP contribution in [0, 0.1) is 12.8 Å². The van der Waals surface area contributed by atoms with Crippen molar-refractivity contribution < 1.29 is 18.8 Å². The zero-order chi connectivity index (χ0) is 30.2. The lowest BCUT2D eigenvalue weighted by molar-refractivity contribution is -0.120. The molecule has 0 spiro atoms. The maximum absolute atomic E-state index is 13.3. The molecule has 3 amide bonds. The molecule has 2 heterocycles. The minimum absolute atomic E-state index is 0.00586. The van der Waals surface area contributed by atoms with Crippen LogP contribution in [0.2, 0.25) is 0 Å². The van der Waals surface area contributed by atoms with E-state index < -0.39 is 0 Å². The second kappa shape index (κ2) is 14.4. The number of benzene rings is 2. The van der Waals surface area contributed by atoms with Crippen LogP contribution in [-0.2, 0) is 11.2 Å². The first kappa shape index (κ1) is 30.3. The van der Waals surface area contributed by atoms with E-state index in [0.717, 1.165) is 57.3 Å². The van der Waals surface area contributed by atoms with E-state index in [0.29, 0.717) is 54.9 Å². The molecule has 1 aliphatic carbocycles. The second-order valence-electron chi connectivity index (χ2n) is 11.8. The molecule has 2 fully saturated rings. The normalized spacial score (nSPS) is 16.8. The Morgan fingerprint density at radius 2 is 1.79 bits per heavy atom. The van der Waals surface area contributed by atoms with E-state index in [-0.39, 0.29) is 23.4 Å². The Hall–Kier alpha value is -4.14. The van der Waals surface area contributed by atoms with Crippen molar-refractivity contribution in [3.8, 4) is 0 Å². The van der Waals surface area contributed by atoms with Gasteiger partial charge < -0.3 is 25.3 Å². The number of nitrogens with one attached hydrogen (secondary N) is 3. The molecule has 1 unspecified atom stereocenters. The number of nitrogens with zero attached hydrogens (tertiary/aromatic N) is 2. The number of carbonyl (C=O) groups is 3. The Bertz CT molecular complexity index is 1430. The van der Waals surface area contributed by atoms with Gasteiger partial charge in [0.2, 0.25) is 5.91 Å². The summed E-state index contributed by atoms with van der Waals surface area (Å²) in [5.41, 5.74) is 4.94. The molecule has 2 aliphatic rings. The van der Waals surface area contributed by atoms with Gasteiger partial charge in [0.1, 0.15) is 6.26 Å². The highest BCUT2D eigenvalue weighted by Crippen LogP contribution is 2.39. The van der Waals surface area contributed by atoms with Crippen LogP contribution in [-0.4, -0.2) is 48.9 Å². The molecule has 1 saturated carbocycles. The minimum atomic E-state index is -0.353. The average molecular weight is 586 g/mol. The number of oxazole rings is 1. The molecule has 3 aromatic rings. The van der Waals surface area contributed by atoms with Crippen molar-refractivity contribution in [2.75, 3.05) is 36.4 Å². The standard InChI is InChI=1S/C34H43N5O4/c1-3-31(40)35-16-7-17-36-32(41)27-13-14-30(28(21-27)37-33(42)29-22-43-34(38-29)25-11-12-25)39-18-6-9-24(15-19-39)20-26-10-5-4-8-23(26)2/h4-5,8,10,13-14,21-22,24-25H,3,6-7,9,11-12,15-20H2,1-2H3,(H,35,40)(H,36,41)(H,37,42). The number of carbonyl (C=O) groups excluding carboxylic acids is 3. The molecule has 43 heavy (non-hydrogen) atoms. The van der Waals surface area contributed by atoms with Crippen molar-refractivity contribution >= 4 is 29.1 Å². The summed E-state index contributed by atoms with van der Waals surface area (Å²) in [6.07, 6.45) is 8.87. The van der Waals surface area contributed by atoms with Crippen molar-refractivity contribution in [2.45, 2.75) is 71.1 Å². The molecule has 2 aromatic carbocycles. The van der Waals surface area contributed by atoms with Crippen LogP contribution in [0.4, 0.5) is 11.4 Å². The molecule has 9 heteroatoms. The third-order valence-electron chi connectivity index (χ3n) is 8.43. The molecule has 9 nitrogen and oxygen atoms in total. The number of anilines is 2. The van der Waals surface area contributed by atoms with Crippen LogP contribution < -0.4 is 20.9 Å². The second-order valence-corrected chi connectivity index (χ2v) is 11.8. The first-order valence-electron chi connectivity index (χ1n) is 15.7. The van der Waals surface area contributed by atoms with E-state index in [9.17, 15) is 14.4 Å². The van der Waals surface area contributed by atoms with E-state index in [1.54, 1.807) is 13.0 Å². The highest BCUT2D eigenvalue weighted by Gasteiger charge is 2.30. The lowest BCUT2D eigenvalue weighted by atomic mass is 9.91. The Labute approximate surface area is 253 Å². The molecule has 1 aromatic heterocycles. The molecule has 1 saturated heterocycles. The SMILES string of the molecule is CCC(=O)NCCCNC(=O)c1ccc(N2CCCC(Cc3ccccc3C)CC2)c(NC(=O)c2coc(C3CC3)n2)c1. The highest BCUT2D eigenvalue weighted by molar-refractivity contribution is 6.06. The summed E-state index contributed by atoms with van der Waals surface area (Å²) >= 11 is 0. The first-order valence-corrected chi connectivity index (χ1v) is 15.7. The van der Waals surface area contributed by atoms with Gasteiger partial charge in [-0.25, -0.2) is 4.98 Å². The van der Waals surface area contributed by atoms with Gasteiger partial charge in [-0.2, -0.15) is 0 Å². The topological polar surface area (TPSA) is 117 Å². The number of hydrogen-bond donors (Lipinski definition) is 3. The van der Waals surface area contributed by atoms with Crippen LogP contribution in [0.15, 0.2) is 53.1 Å². The lowest BCUT2D eigenvalue weighted by Crippen LogP contribution is -2.30. The molecule has 3 N–H and O–H groups in total. The molecule has 1 atom stereocenters. The molecular weight excluding hydrogens is 542 g/mol. The summed E-state index contributed by atoms with van der Waals surface area (Å²) < 4.78 is 5.55. The summed E-state index contributed by atoms with van der Waals surface area (Å²) in [5.74, 6) is 0.926. The van der Waals surface area contributed by atoms with Crippen molar-refractivity contribution in [1.82, 2.24) is 15.6 Å². The van der Waals surface area contributed by atoms with E-state index in [1.165, 1.54) is 17.4 Å². The van der Waals surface area contributed by atoms with Gasteiger partial charge in [0.25, 0.3) is 11.8 Å². The van der Waals surface area contributed by atoms with Crippen molar-refractivity contribution in [3.63, 3.8) is 0 Å². The Kier molecular flexibility index (Phi) is 10.1. The van der Waals surface area contributed by atoms with Crippen LogP contribution >= 0.6 is 0 Å². The molecule has 228 valence electrons. The number of rotatable bonds is 12. The van der Waals surface area contributed by atoms with Gasteiger partial charge in [-0.05, 0) is 87.1 Å². The molecule has 0 bridgehead atoms. The van der Waals surface area contributed by atoms with E-state index >= 15 is 0 Å². The first-order chi connectivity index (χ1) is 20.9. The fraction of sp³-hybridized carbons (Fsp3) is 0.471. The number of hydrogen-bond acceptors (Lipinski definition) is 6. The smallest absolute Gasteiger partial charge is 0.277 e. The monoisotopic (exact) mass is 585 g/mol. The predicted molar refractivity (Wildman–Crippen MR) is 168 cm³/mol. The fourth-order valence-corrected chi connectivity index (χ4v) is 5.65. The Balaban J connectivity index is 1.29. The van der Waals surface area contributed by atoms with Gasteiger partial charge in [-0.1, -0.05) is 31.2 Å². The maximum Gasteiger partial charge on any atom is 0.277 e. The van der Waals surface area contributed by atoms with Gasteiger partial charge in [0.05, 0.1) is 11.4 Å². The number of aromatic nitrogens is 1. The third-order valence-corrected chi connectivity index (χ3v) is 8.43.